The van der Waals surface area contributed by atoms with E-state index >= 15 is 0 Å². The van der Waals surface area contributed by atoms with Gasteiger partial charge in [-0.15, -0.1) is 0 Å². The summed E-state index contributed by atoms with van der Waals surface area (Å²) in [4.78, 5) is 21.6. The molecule has 0 bridgehead atoms. The molecule has 6 heteroatoms. The molecule has 13 heavy (non-hydrogen) atoms. The first-order chi connectivity index (χ1) is 5.46. The summed E-state index contributed by atoms with van der Waals surface area (Å²) in [5.41, 5.74) is 4.81. The third-order valence-electron chi connectivity index (χ3n) is 1.76. The van der Waals surface area contributed by atoms with E-state index in [9.17, 15) is 9.59 Å². The van der Waals surface area contributed by atoms with Gasteiger partial charge in [0.05, 0.1) is 0 Å². The van der Waals surface area contributed by atoms with E-state index in [0.29, 0.717) is 12.8 Å². The molecule has 0 saturated heterocycles. The number of nitrogens with one attached hydrogen (secondary N) is 1. The monoisotopic (exact) mass is 262 g/mol. The number of primary amides is 1. The number of halogens is 1. The van der Waals surface area contributed by atoms with Crippen molar-refractivity contribution in [2.75, 3.05) is 0 Å². The molecular weight excluding hydrogens is 248 g/mol. The minimum atomic E-state index is -0.814. The number of imide groups is 1. The van der Waals surface area contributed by atoms with Crippen LogP contribution >= 0.6 is 15.9 Å². The van der Waals surface area contributed by atoms with Gasteiger partial charge in [-0.25, -0.2) is 4.79 Å². The fraction of sp³-hybridized carbons (Fsp3) is 0.714. The van der Waals surface area contributed by atoms with Gasteiger partial charge in [0.15, 0.2) is 0 Å². The average molecular weight is 263 g/mol. The molecule has 0 aliphatic rings. The van der Waals surface area contributed by atoms with Crippen LogP contribution in [0.25, 0.3) is 0 Å². The molecule has 4 nitrogen and oxygen atoms in total. The van der Waals surface area contributed by atoms with Crippen LogP contribution in [0.4, 0.5) is 4.79 Å². The van der Waals surface area contributed by atoms with Gasteiger partial charge in [0.25, 0.3) is 0 Å². The smallest absolute Gasteiger partial charge is 1.00 e. The van der Waals surface area contributed by atoms with Crippen LogP contribution in [0.2, 0.25) is 0 Å². The molecule has 0 saturated carbocycles. The second-order valence-electron chi connectivity index (χ2n) is 2.49. The molecule has 0 aromatic carbocycles. The molecule has 3 amide bonds. The van der Waals surface area contributed by atoms with E-state index in [1.54, 1.807) is 0 Å². The summed E-state index contributed by atoms with van der Waals surface area (Å²) in [5, 5.41) is 2.04. The van der Waals surface area contributed by atoms with Crippen molar-refractivity contribution in [3.05, 3.63) is 0 Å². The summed E-state index contributed by atoms with van der Waals surface area (Å²) < 4.78 is -0.665. The second kappa shape index (κ2) is 6.61. The van der Waals surface area contributed by atoms with Crippen molar-refractivity contribution in [3.8, 4) is 0 Å². The first kappa shape index (κ1) is 15.6. The van der Waals surface area contributed by atoms with Gasteiger partial charge in [-0.3, -0.25) is 10.1 Å². The Hall–Kier alpha value is 0.186. The normalized spacial score (nSPS) is 10.1. The van der Waals surface area contributed by atoms with Crippen molar-refractivity contribution in [1.29, 1.82) is 0 Å². The fourth-order valence-corrected chi connectivity index (χ4v) is 0.894. The Morgan fingerprint density at radius 3 is 2.08 bits per heavy atom. The Bertz CT molecular complexity index is 203. The Balaban J connectivity index is -0.000000202. The summed E-state index contributed by atoms with van der Waals surface area (Å²) in [6, 6.07) is -0.814. The van der Waals surface area contributed by atoms with E-state index in [1.807, 2.05) is 19.2 Å². The first-order valence-corrected chi connectivity index (χ1v) is 4.55. The quantitative estimate of drug-likeness (QED) is 0.588. The van der Waals surface area contributed by atoms with Gasteiger partial charge in [-0.05, 0) is 12.8 Å². The largest absolute Gasteiger partial charge is 2.00 e. The predicted octanol–water partition coefficient (Wildman–Crippen LogP) is 0.979. The van der Waals surface area contributed by atoms with Gasteiger partial charge in [0.1, 0.15) is 4.32 Å². The van der Waals surface area contributed by atoms with Gasteiger partial charge >= 0.3 is 29.1 Å². The standard InChI is InChI=1S/C7H13BrN2O2.Mg.2H/c1-3-7(8,4-2)5(11)10-6(9)12;;;/h3-4H2,1-2H3,(H3,9,10,11,12);;;/q;+2;2*-1. The van der Waals surface area contributed by atoms with Gasteiger partial charge in [0, 0.05) is 0 Å². The van der Waals surface area contributed by atoms with Crippen LogP contribution in [0.3, 0.4) is 0 Å². The second-order valence-corrected chi connectivity index (χ2v) is 4.01. The summed E-state index contributed by atoms with van der Waals surface area (Å²) in [7, 11) is 0. The third kappa shape index (κ3) is 4.83. The Morgan fingerprint density at radius 2 is 1.85 bits per heavy atom. The number of amides is 3. The number of carbonyl (C=O) groups excluding carboxylic acids is 2. The number of rotatable bonds is 3. The van der Waals surface area contributed by atoms with Gasteiger partial charge < -0.3 is 8.59 Å². The summed E-state index contributed by atoms with van der Waals surface area (Å²) in [5.74, 6) is -0.375. The van der Waals surface area contributed by atoms with Crippen molar-refractivity contribution in [2.24, 2.45) is 5.73 Å². The first-order valence-electron chi connectivity index (χ1n) is 3.76. The summed E-state index contributed by atoms with van der Waals surface area (Å²) >= 11 is 3.26. The number of alkyl halides is 1. The molecule has 0 aromatic rings. The molecule has 3 N–H and O–H groups in total. The number of hydrogen-bond acceptors (Lipinski definition) is 2. The minimum Gasteiger partial charge on any atom is -1.00 e. The predicted molar refractivity (Wildman–Crippen MR) is 57.9 cm³/mol. The Kier molecular flexibility index (Phi) is 7.96. The number of hydrogen-bond donors (Lipinski definition) is 2. The van der Waals surface area contributed by atoms with E-state index < -0.39 is 10.4 Å². The van der Waals surface area contributed by atoms with Crippen molar-refractivity contribution in [1.82, 2.24) is 5.32 Å². The maximum Gasteiger partial charge on any atom is 2.00 e. The van der Waals surface area contributed by atoms with Crippen LogP contribution < -0.4 is 11.1 Å². The Labute approximate surface area is 105 Å². The molecular formula is C7H15BrMgN2O2. The molecule has 0 atom stereocenters. The van der Waals surface area contributed by atoms with Crippen LogP contribution in [-0.2, 0) is 4.79 Å². The van der Waals surface area contributed by atoms with Crippen LogP contribution in [0.5, 0.6) is 0 Å². The van der Waals surface area contributed by atoms with Crippen molar-refractivity contribution in [3.63, 3.8) is 0 Å². The molecule has 0 aromatic heterocycles. The maximum absolute atomic E-state index is 11.3. The molecule has 0 fully saturated rings. The van der Waals surface area contributed by atoms with Gasteiger partial charge in [0.2, 0.25) is 5.91 Å². The van der Waals surface area contributed by atoms with E-state index in [0.717, 1.165) is 0 Å². The maximum atomic E-state index is 11.3. The van der Waals surface area contributed by atoms with Gasteiger partial charge in [-0.2, -0.15) is 0 Å². The van der Waals surface area contributed by atoms with Crippen LogP contribution in [-0.4, -0.2) is 39.3 Å². The molecule has 74 valence electrons. The molecule has 0 radical (unpaired) electrons. The SMILES string of the molecule is CCC(Br)(CC)C(=O)NC(N)=O.[H-].[H-].[Mg+2]. The van der Waals surface area contributed by atoms with Crippen molar-refractivity contribution in [2.45, 2.75) is 31.0 Å². The van der Waals surface area contributed by atoms with E-state index in [2.05, 4.69) is 15.9 Å². The zero-order valence-corrected chi connectivity index (χ0v) is 10.9. The van der Waals surface area contributed by atoms with Crippen molar-refractivity contribution < 1.29 is 12.4 Å². The van der Waals surface area contributed by atoms with Crippen LogP contribution in [0, 0.1) is 0 Å². The molecule has 0 aliphatic heterocycles. The number of carbonyl (C=O) groups is 2. The van der Waals surface area contributed by atoms with Crippen molar-refractivity contribution >= 4 is 50.9 Å². The Morgan fingerprint density at radius 1 is 1.46 bits per heavy atom. The number of urea groups is 1. The molecule has 0 spiro atoms. The molecule has 0 unspecified atom stereocenters. The fourth-order valence-electron chi connectivity index (χ4n) is 0.795. The zero-order chi connectivity index (χ0) is 9.78. The van der Waals surface area contributed by atoms with E-state index in [1.165, 1.54) is 0 Å². The molecule has 0 aliphatic carbocycles. The summed E-state index contributed by atoms with van der Waals surface area (Å²) in [6.45, 7) is 3.72. The minimum absolute atomic E-state index is 0. The van der Waals surface area contributed by atoms with E-state index in [-0.39, 0.29) is 31.8 Å². The zero-order valence-electron chi connectivity index (χ0n) is 9.89. The third-order valence-corrected chi connectivity index (χ3v) is 3.25. The van der Waals surface area contributed by atoms with Crippen LogP contribution in [0.15, 0.2) is 0 Å². The number of nitrogens with two attached hydrogens (primary N) is 1. The van der Waals surface area contributed by atoms with Gasteiger partial charge in [-0.1, -0.05) is 29.8 Å². The van der Waals surface area contributed by atoms with Crippen LogP contribution in [0.1, 0.15) is 29.5 Å². The molecule has 0 heterocycles. The molecule has 0 rings (SSSR count). The summed E-state index contributed by atoms with van der Waals surface area (Å²) in [6.07, 6.45) is 1.23. The topological polar surface area (TPSA) is 72.2 Å². The van der Waals surface area contributed by atoms with E-state index in [4.69, 9.17) is 5.73 Å². The average Bonchev–Trinajstić information content (AvgIpc) is 2.02.